The highest BCUT2D eigenvalue weighted by atomic mass is 35.5. The maximum absolute atomic E-state index is 15.2. The smallest absolute Gasteiger partial charge is 0.255 e. The normalized spacial score (nSPS) is 21.6. The van der Waals surface area contributed by atoms with Gasteiger partial charge >= 0.3 is 0 Å². The third-order valence-electron chi connectivity index (χ3n) is 7.30. The Bertz CT molecular complexity index is 1370. The SMILES string of the molecule is Cc1cccc(Cl)c1S(=O)(=O)N1CCC(c2cc3c(cc2F)C(=O)N(C2CCC(=O)NC2=O)C3)CC1. The Kier molecular flexibility index (Phi) is 6.38. The number of benzene rings is 2. The molecule has 3 amide bonds. The van der Waals surface area contributed by atoms with E-state index in [1.165, 1.54) is 15.3 Å². The van der Waals surface area contributed by atoms with E-state index in [0.29, 0.717) is 29.5 Å². The number of amides is 3. The average molecular weight is 534 g/mol. The van der Waals surface area contributed by atoms with E-state index in [1.807, 2.05) is 0 Å². The first-order valence-corrected chi connectivity index (χ1v) is 13.6. The minimum Gasteiger partial charge on any atom is -0.322 e. The van der Waals surface area contributed by atoms with Crippen LogP contribution in [0.3, 0.4) is 0 Å². The Morgan fingerprint density at radius 2 is 1.81 bits per heavy atom. The topological polar surface area (TPSA) is 104 Å². The quantitative estimate of drug-likeness (QED) is 0.608. The van der Waals surface area contributed by atoms with Crippen molar-refractivity contribution in [2.24, 2.45) is 0 Å². The third kappa shape index (κ3) is 4.21. The van der Waals surface area contributed by atoms with Gasteiger partial charge in [0.1, 0.15) is 16.8 Å². The van der Waals surface area contributed by atoms with Crippen LogP contribution in [-0.4, -0.2) is 54.5 Å². The minimum absolute atomic E-state index is 0.0980. The maximum Gasteiger partial charge on any atom is 0.255 e. The highest BCUT2D eigenvalue weighted by Crippen LogP contribution is 2.37. The van der Waals surface area contributed by atoms with E-state index in [2.05, 4.69) is 5.32 Å². The van der Waals surface area contributed by atoms with E-state index < -0.39 is 33.7 Å². The number of sulfonamides is 1. The fraction of sp³-hybridized carbons (Fsp3) is 0.400. The van der Waals surface area contributed by atoms with Gasteiger partial charge in [-0.15, -0.1) is 0 Å². The number of carbonyl (C=O) groups excluding carboxylic acids is 3. The molecule has 2 aromatic carbocycles. The van der Waals surface area contributed by atoms with E-state index in [-0.39, 0.29) is 59.8 Å². The summed E-state index contributed by atoms with van der Waals surface area (Å²) in [6.07, 6.45) is 1.22. The molecule has 0 bridgehead atoms. The predicted octanol–water partition coefficient (Wildman–Crippen LogP) is 3.12. The van der Waals surface area contributed by atoms with Crippen LogP contribution in [-0.2, 0) is 26.2 Å². The summed E-state index contributed by atoms with van der Waals surface area (Å²) in [6, 6.07) is 7.07. The zero-order valence-electron chi connectivity index (χ0n) is 19.6. The van der Waals surface area contributed by atoms with Crippen LogP contribution in [0.15, 0.2) is 35.2 Å². The molecule has 3 heterocycles. The molecule has 8 nitrogen and oxygen atoms in total. The van der Waals surface area contributed by atoms with Gasteiger partial charge in [0, 0.05) is 31.6 Å². The van der Waals surface area contributed by atoms with Gasteiger partial charge in [0.2, 0.25) is 21.8 Å². The molecular formula is C25H25ClFN3O5S. The molecule has 2 saturated heterocycles. The van der Waals surface area contributed by atoms with E-state index in [0.717, 1.165) is 0 Å². The van der Waals surface area contributed by atoms with Crippen LogP contribution in [0.4, 0.5) is 4.39 Å². The van der Waals surface area contributed by atoms with Crippen LogP contribution in [0.1, 0.15) is 58.6 Å². The van der Waals surface area contributed by atoms with Gasteiger partial charge in [-0.1, -0.05) is 29.8 Å². The number of hydrogen-bond acceptors (Lipinski definition) is 5. The number of halogens is 2. The van der Waals surface area contributed by atoms with Gasteiger partial charge in [0.15, 0.2) is 0 Å². The zero-order valence-corrected chi connectivity index (χ0v) is 21.2. The van der Waals surface area contributed by atoms with Crippen LogP contribution in [0.5, 0.6) is 0 Å². The van der Waals surface area contributed by atoms with Crippen molar-refractivity contribution in [2.75, 3.05) is 13.1 Å². The lowest BCUT2D eigenvalue weighted by atomic mass is 9.88. The molecule has 190 valence electrons. The lowest BCUT2D eigenvalue weighted by molar-refractivity contribution is -0.136. The fourth-order valence-electron chi connectivity index (χ4n) is 5.40. The number of imide groups is 1. The number of nitrogens with zero attached hydrogens (tertiary/aromatic N) is 2. The number of nitrogens with one attached hydrogen (secondary N) is 1. The number of aryl methyl sites for hydroxylation is 1. The Morgan fingerprint density at radius 3 is 2.47 bits per heavy atom. The van der Waals surface area contributed by atoms with Crippen molar-refractivity contribution in [1.29, 1.82) is 0 Å². The first kappa shape index (κ1) is 24.9. The van der Waals surface area contributed by atoms with Crippen molar-refractivity contribution in [3.63, 3.8) is 0 Å². The van der Waals surface area contributed by atoms with Crippen molar-refractivity contribution in [1.82, 2.24) is 14.5 Å². The molecule has 0 radical (unpaired) electrons. The highest BCUT2D eigenvalue weighted by molar-refractivity contribution is 7.89. The van der Waals surface area contributed by atoms with Gasteiger partial charge in [-0.2, -0.15) is 4.31 Å². The molecule has 1 N–H and O–H groups in total. The van der Waals surface area contributed by atoms with E-state index in [9.17, 15) is 22.8 Å². The second kappa shape index (κ2) is 9.24. The Hall–Kier alpha value is -2.82. The molecule has 3 aliphatic heterocycles. The standard InChI is InChI=1S/C25H25ClFN3O5S/c1-14-3-2-4-19(26)23(14)36(34,35)29-9-7-15(8-10-29)17-11-16-13-30(25(33)18(16)12-20(17)27)21-5-6-22(31)28-24(21)32/h2-4,11-12,15,21H,5-10,13H2,1H3,(H,28,31,32). The fourth-order valence-corrected chi connectivity index (χ4v) is 7.65. The van der Waals surface area contributed by atoms with Crippen LogP contribution in [0.2, 0.25) is 5.02 Å². The second-order valence-corrected chi connectivity index (χ2v) is 11.8. The van der Waals surface area contributed by atoms with E-state index in [4.69, 9.17) is 11.6 Å². The molecule has 1 unspecified atom stereocenters. The molecule has 0 aromatic heterocycles. The summed E-state index contributed by atoms with van der Waals surface area (Å²) in [5, 5.41) is 2.43. The molecule has 11 heteroatoms. The average Bonchev–Trinajstić information content (AvgIpc) is 3.13. The molecular weight excluding hydrogens is 509 g/mol. The van der Waals surface area contributed by atoms with E-state index in [1.54, 1.807) is 31.2 Å². The van der Waals surface area contributed by atoms with Crippen LogP contribution in [0, 0.1) is 12.7 Å². The molecule has 36 heavy (non-hydrogen) atoms. The number of rotatable bonds is 4. The van der Waals surface area contributed by atoms with E-state index >= 15 is 4.39 Å². The van der Waals surface area contributed by atoms with Crippen molar-refractivity contribution in [2.45, 2.75) is 56.0 Å². The molecule has 0 aliphatic carbocycles. The van der Waals surface area contributed by atoms with Gasteiger partial charge in [0.05, 0.1) is 5.02 Å². The molecule has 0 saturated carbocycles. The van der Waals surface area contributed by atoms with Crippen LogP contribution in [0.25, 0.3) is 0 Å². The first-order chi connectivity index (χ1) is 17.1. The maximum atomic E-state index is 15.2. The zero-order chi connectivity index (χ0) is 25.8. The van der Waals surface area contributed by atoms with Crippen molar-refractivity contribution >= 4 is 39.3 Å². The molecule has 2 fully saturated rings. The number of carbonyl (C=O) groups is 3. The monoisotopic (exact) mass is 533 g/mol. The Balaban J connectivity index is 1.33. The van der Waals surface area contributed by atoms with Crippen molar-refractivity contribution in [3.05, 3.63) is 63.4 Å². The van der Waals surface area contributed by atoms with Gasteiger partial charge in [0.25, 0.3) is 5.91 Å². The highest BCUT2D eigenvalue weighted by Gasteiger charge is 2.40. The molecule has 5 rings (SSSR count). The lowest BCUT2D eigenvalue weighted by Gasteiger charge is -2.32. The lowest BCUT2D eigenvalue weighted by Crippen LogP contribution is -2.52. The Morgan fingerprint density at radius 1 is 1.08 bits per heavy atom. The predicted molar refractivity (Wildman–Crippen MR) is 129 cm³/mol. The van der Waals surface area contributed by atoms with Gasteiger partial charge < -0.3 is 4.90 Å². The molecule has 0 spiro atoms. The number of fused-ring (bicyclic) bond motifs is 1. The second-order valence-electron chi connectivity index (χ2n) is 9.50. The largest absolute Gasteiger partial charge is 0.322 e. The van der Waals surface area contributed by atoms with Gasteiger partial charge in [-0.3, -0.25) is 19.7 Å². The van der Waals surface area contributed by atoms with Crippen molar-refractivity contribution in [3.8, 4) is 0 Å². The minimum atomic E-state index is -3.79. The summed E-state index contributed by atoms with van der Waals surface area (Å²) >= 11 is 6.20. The summed E-state index contributed by atoms with van der Waals surface area (Å²) < 4.78 is 43.0. The summed E-state index contributed by atoms with van der Waals surface area (Å²) in [4.78, 5) is 38.1. The summed E-state index contributed by atoms with van der Waals surface area (Å²) in [6.45, 7) is 2.29. The summed E-state index contributed by atoms with van der Waals surface area (Å²) in [5.41, 5.74) is 1.86. The third-order valence-corrected chi connectivity index (χ3v) is 9.83. The Labute approximate surface area is 213 Å². The van der Waals surface area contributed by atoms with Gasteiger partial charge in [-0.25, -0.2) is 12.8 Å². The number of hydrogen-bond donors (Lipinski definition) is 1. The molecule has 1 atom stereocenters. The first-order valence-electron chi connectivity index (χ1n) is 11.8. The van der Waals surface area contributed by atoms with Crippen LogP contribution >= 0.6 is 11.6 Å². The van der Waals surface area contributed by atoms with Crippen LogP contribution < -0.4 is 5.32 Å². The van der Waals surface area contributed by atoms with Gasteiger partial charge in [-0.05, 0) is 60.9 Å². The van der Waals surface area contributed by atoms with Crippen molar-refractivity contribution < 1.29 is 27.2 Å². The summed E-state index contributed by atoms with van der Waals surface area (Å²) in [5.74, 6) is -2.05. The molecule has 2 aromatic rings. The number of piperidine rings is 2. The summed E-state index contributed by atoms with van der Waals surface area (Å²) in [7, 11) is -3.79. The molecule has 3 aliphatic rings.